The van der Waals surface area contributed by atoms with Gasteiger partial charge in [-0.25, -0.2) is 4.68 Å². The Kier molecular flexibility index (Phi) is 7.48. The lowest BCUT2D eigenvalue weighted by Crippen LogP contribution is -2.31. The normalized spacial score (nSPS) is 12.7. The van der Waals surface area contributed by atoms with Gasteiger partial charge in [-0.2, -0.15) is 31.4 Å². The van der Waals surface area contributed by atoms with Gasteiger partial charge >= 0.3 is 18.3 Å². The zero-order valence-corrected chi connectivity index (χ0v) is 19.8. The maximum Gasteiger partial charge on any atom is 0.434 e. The van der Waals surface area contributed by atoms with Crippen LogP contribution in [0, 0.1) is 0 Å². The van der Waals surface area contributed by atoms with Crippen molar-refractivity contribution in [2.24, 2.45) is 0 Å². The molecule has 0 saturated carbocycles. The lowest BCUT2D eigenvalue weighted by atomic mass is 9.98. The highest BCUT2D eigenvalue weighted by Gasteiger charge is 2.41. The molecule has 4 rings (SSSR count). The summed E-state index contributed by atoms with van der Waals surface area (Å²) in [5.41, 5.74) is -1.62. The number of hydrogen-bond donors (Lipinski definition) is 2. The van der Waals surface area contributed by atoms with E-state index in [9.17, 15) is 41.0 Å². The van der Waals surface area contributed by atoms with Crippen LogP contribution in [-0.4, -0.2) is 26.8 Å². The molecule has 12 heteroatoms. The molecule has 2 N–H and O–H groups in total. The molecule has 0 aliphatic rings. The molecule has 39 heavy (non-hydrogen) atoms. The molecule has 0 bridgehead atoms. The van der Waals surface area contributed by atoms with Crippen LogP contribution in [0.15, 0.2) is 85.1 Å². The van der Waals surface area contributed by atoms with Crippen LogP contribution in [0.3, 0.4) is 0 Å². The average molecular weight is 547 g/mol. The van der Waals surface area contributed by atoms with Crippen LogP contribution in [0.5, 0.6) is 0 Å². The number of nitrogens with zero attached hydrogens (tertiary/aromatic N) is 2. The molecule has 0 saturated heterocycles. The maximum absolute atomic E-state index is 14.0. The third kappa shape index (κ3) is 6.28. The number of halogens is 6. The average Bonchev–Trinajstić information content (AvgIpc) is 3.35. The second-order valence-electron chi connectivity index (χ2n) is 8.47. The Balaban J connectivity index is 1.61. The van der Waals surface area contributed by atoms with Crippen molar-refractivity contribution in [2.75, 3.05) is 0 Å². The summed E-state index contributed by atoms with van der Waals surface area (Å²) in [6.45, 7) is 0. The number of nitrogens with one attached hydrogen (secondary N) is 1. The van der Waals surface area contributed by atoms with E-state index < -0.39 is 53.5 Å². The van der Waals surface area contributed by atoms with Crippen molar-refractivity contribution in [1.82, 2.24) is 15.1 Å². The molecular formula is C27H19F6N3O3. The number of carbonyl (C=O) groups excluding carboxylic acids is 1. The van der Waals surface area contributed by atoms with Gasteiger partial charge in [-0.1, -0.05) is 54.6 Å². The Morgan fingerprint density at radius 1 is 0.821 bits per heavy atom. The van der Waals surface area contributed by atoms with Crippen LogP contribution in [0.4, 0.5) is 26.3 Å². The van der Waals surface area contributed by atoms with Gasteiger partial charge < -0.3 is 10.4 Å². The fraction of sp³-hybridized carbons (Fsp3) is 0.148. The highest BCUT2D eigenvalue weighted by atomic mass is 19.4. The van der Waals surface area contributed by atoms with Gasteiger partial charge in [0.1, 0.15) is 0 Å². The Morgan fingerprint density at radius 3 is 1.90 bits per heavy atom. The molecule has 0 aliphatic carbocycles. The Morgan fingerprint density at radius 2 is 1.38 bits per heavy atom. The van der Waals surface area contributed by atoms with Crippen LogP contribution in [0.25, 0.3) is 16.8 Å². The second kappa shape index (κ2) is 10.6. The number of amides is 1. The number of aliphatic carboxylic acids is 1. The van der Waals surface area contributed by atoms with E-state index in [-0.39, 0.29) is 11.3 Å². The Hall–Kier alpha value is -4.61. The minimum absolute atomic E-state index is 0.0739. The third-order valence-corrected chi connectivity index (χ3v) is 5.83. The molecule has 0 fully saturated rings. The van der Waals surface area contributed by atoms with E-state index in [0.717, 1.165) is 18.3 Å². The van der Waals surface area contributed by atoms with Crippen molar-refractivity contribution in [3.05, 3.63) is 107 Å². The van der Waals surface area contributed by atoms with Crippen molar-refractivity contribution in [1.29, 1.82) is 0 Å². The van der Waals surface area contributed by atoms with E-state index >= 15 is 0 Å². The largest absolute Gasteiger partial charge is 0.481 e. The predicted octanol–water partition coefficient (Wildman–Crippen LogP) is 6.52. The van der Waals surface area contributed by atoms with Crippen LogP contribution in [-0.2, 0) is 17.1 Å². The van der Waals surface area contributed by atoms with Gasteiger partial charge in [0.15, 0.2) is 5.69 Å². The molecule has 1 amide bonds. The molecule has 1 aromatic heterocycles. The summed E-state index contributed by atoms with van der Waals surface area (Å²) in [6.07, 6.45) is -9.32. The highest BCUT2D eigenvalue weighted by Crippen LogP contribution is 2.34. The highest BCUT2D eigenvalue weighted by molar-refractivity contribution is 5.96. The number of carboxylic acids is 1. The first-order chi connectivity index (χ1) is 18.3. The van der Waals surface area contributed by atoms with Crippen LogP contribution < -0.4 is 5.32 Å². The van der Waals surface area contributed by atoms with E-state index in [2.05, 4.69) is 10.4 Å². The monoisotopic (exact) mass is 547 g/mol. The first-order valence-corrected chi connectivity index (χ1v) is 11.4. The van der Waals surface area contributed by atoms with Crippen LogP contribution >= 0.6 is 0 Å². The standard InChI is InChI=1S/C27H19F6N3O3/c28-26(29,30)19-12-10-17(11-13-19)16-6-8-18(9-7-16)22(14-23(37)38)35-25(39)21-15-34-36(24(21)27(31,32)33)20-4-2-1-3-5-20/h1-13,15,22H,14H2,(H,35,39)(H,37,38). The van der Waals surface area contributed by atoms with Crippen molar-refractivity contribution in [3.8, 4) is 16.8 Å². The smallest absolute Gasteiger partial charge is 0.434 e. The van der Waals surface area contributed by atoms with E-state index in [1.807, 2.05) is 0 Å². The molecule has 1 unspecified atom stereocenters. The molecule has 202 valence electrons. The molecule has 4 aromatic rings. The fourth-order valence-electron chi connectivity index (χ4n) is 3.97. The summed E-state index contributed by atoms with van der Waals surface area (Å²) < 4.78 is 80.9. The maximum atomic E-state index is 14.0. The summed E-state index contributed by atoms with van der Waals surface area (Å²) in [6, 6.07) is 16.5. The summed E-state index contributed by atoms with van der Waals surface area (Å²) in [7, 11) is 0. The van der Waals surface area contributed by atoms with Crippen molar-refractivity contribution in [2.45, 2.75) is 24.8 Å². The number of carboxylic acid groups (broad SMARTS) is 1. The predicted molar refractivity (Wildman–Crippen MR) is 128 cm³/mol. The third-order valence-electron chi connectivity index (χ3n) is 5.83. The molecule has 1 atom stereocenters. The molecule has 1 heterocycles. The zero-order chi connectivity index (χ0) is 28.4. The zero-order valence-electron chi connectivity index (χ0n) is 19.8. The second-order valence-corrected chi connectivity index (χ2v) is 8.47. The SMILES string of the molecule is O=C(O)CC(NC(=O)c1cnn(-c2ccccc2)c1C(F)(F)F)c1ccc(-c2ccc(C(F)(F)F)cc2)cc1. The lowest BCUT2D eigenvalue weighted by Gasteiger charge is -2.19. The molecule has 0 spiro atoms. The van der Waals surface area contributed by atoms with Crippen molar-refractivity contribution >= 4 is 11.9 Å². The fourth-order valence-corrected chi connectivity index (χ4v) is 3.97. The quantitative estimate of drug-likeness (QED) is 0.258. The van der Waals surface area contributed by atoms with Gasteiger partial charge in [-0.05, 0) is 41.0 Å². The summed E-state index contributed by atoms with van der Waals surface area (Å²) >= 11 is 0. The number of hydrogen-bond acceptors (Lipinski definition) is 3. The number of alkyl halides is 6. The van der Waals surface area contributed by atoms with Gasteiger partial charge in [-0.3, -0.25) is 9.59 Å². The van der Waals surface area contributed by atoms with E-state index in [1.165, 1.54) is 60.7 Å². The van der Waals surface area contributed by atoms with Crippen LogP contribution in [0.2, 0.25) is 0 Å². The van der Waals surface area contributed by atoms with Crippen LogP contribution in [0.1, 0.15) is 39.6 Å². The van der Waals surface area contributed by atoms with Crippen molar-refractivity contribution in [3.63, 3.8) is 0 Å². The van der Waals surface area contributed by atoms with Gasteiger partial charge in [0.05, 0.1) is 35.5 Å². The van der Waals surface area contributed by atoms with E-state index in [0.29, 0.717) is 15.8 Å². The topological polar surface area (TPSA) is 84.2 Å². The first kappa shape index (κ1) is 27.4. The molecular weight excluding hydrogens is 528 g/mol. The number of rotatable bonds is 7. The number of para-hydroxylation sites is 1. The Labute approximate surface area is 217 Å². The molecule has 0 radical (unpaired) electrons. The Bertz CT molecular complexity index is 1460. The molecule has 0 aliphatic heterocycles. The van der Waals surface area contributed by atoms with E-state index in [1.54, 1.807) is 6.07 Å². The molecule has 3 aromatic carbocycles. The van der Waals surface area contributed by atoms with Crippen molar-refractivity contribution < 1.29 is 41.0 Å². The minimum atomic E-state index is -4.95. The summed E-state index contributed by atoms with van der Waals surface area (Å²) in [5, 5.41) is 15.4. The number of carbonyl (C=O) groups is 2. The lowest BCUT2D eigenvalue weighted by molar-refractivity contribution is -0.143. The van der Waals surface area contributed by atoms with E-state index in [4.69, 9.17) is 0 Å². The minimum Gasteiger partial charge on any atom is -0.481 e. The van der Waals surface area contributed by atoms with Gasteiger partial charge in [0.25, 0.3) is 5.91 Å². The number of aromatic nitrogens is 2. The molecule has 6 nitrogen and oxygen atoms in total. The van der Waals surface area contributed by atoms with Gasteiger partial charge in [-0.15, -0.1) is 0 Å². The number of benzene rings is 3. The summed E-state index contributed by atoms with van der Waals surface area (Å²) in [5.74, 6) is -2.49. The first-order valence-electron chi connectivity index (χ1n) is 11.4. The summed E-state index contributed by atoms with van der Waals surface area (Å²) in [4.78, 5) is 24.5. The van der Waals surface area contributed by atoms with Gasteiger partial charge in [0.2, 0.25) is 0 Å². The van der Waals surface area contributed by atoms with Gasteiger partial charge in [0, 0.05) is 0 Å².